The predicted octanol–water partition coefficient (Wildman–Crippen LogP) is 4.31. The van der Waals surface area contributed by atoms with E-state index in [4.69, 9.17) is 4.74 Å². The number of amides is 2. The first-order chi connectivity index (χ1) is 17.0. The van der Waals surface area contributed by atoms with E-state index >= 15 is 0 Å². The molecule has 0 heterocycles. The summed E-state index contributed by atoms with van der Waals surface area (Å²) in [4.78, 5) is 37.1. The minimum Gasteiger partial charge on any atom is -0.481 e. The van der Waals surface area contributed by atoms with E-state index in [-0.39, 0.29) is 48.8 Å². The first kappa shape index (κ1) is 23.4. The summed E-state index contributed by atoms with van der Waals surface area (Å²) in [5, 5.41) is 15.4. The van der Waals surface area contributed by atoms with Crippen LogP contribution in [0.2, 0.25) is 0 Å². The molecule has 35 heavy (non-hydrogen) atoms. The fourth-order valence-corrected chi connectivity index (χ4v) is 6.43. The van der Waals surface area contributed by atoms with Gasteiger partial charge in [0, 0.05) is 24.4 Å². The number of carbonyl (C=O) groups is 3. The fourth-order valence-electron chi connectivity index (χ4n) is 6.43. The molecule has 0 radical (unpaired) electrons. The van der Waals surface area contributed by atoms with Crippen LogP contribution in [0, 0.1) is 17.8 Å². The Kier molecular flexibility index (Phi) is 6.50. The number of hydrogen-bond acceptors (Lipinski definition) is 4. The van der Waals surface area contributed by atoms with Gasteiger partial charge in [0.2, 0.25) is 5.91 Å². The summed E-state index contributed by atoms with van der Waals surface area (Å²) in [6.07, 6.45) is 2.88. The molecule has 2 amide bonds. The second-order valence-electron chi connectivity index (χ2n) is 10.1. The monoisotopic (exact) mass is 476 g/mol. The molecule has 2 saturated carbocycles. The second kappa shape index (κ2) is 9.72. The van der Waals surface area contributed by atoms with Crippen molar-refractivity contribution in [1.82, 2.24) is 10.6 Å². The van der Waals surface area contributed by atoms with E-state index in [0.717, 1.165) is 30.4 Å². The molecule has 0 aliphatic heterocycles. The van der Waals surface area contributed by atoms with Crippen molar-refractivity contribution in [2.45, 2.75) is 57.0 Å². The number of rotatable bonds is 8. The van der Waals surface area contributed by atoms with Gasteiger partial charge in [0.1, 0.15) is 6.61 Å². The van der Waals surface area contributed by atoms with Crippen LogP contribution in [0.25, 0.3) is 11.1 Å². The van der Waals surface area contributed by atoms with Crippen molar-refractivity contribution in [3.05, 3.63) is 59.7 Å². The van der Waals surface area contributed by atoms with Crippen molar-refractivity contribution in [2.24, 2.45) is 17.8 Å². The average molecular weight is 477 g/mol. The first-order valence-corrected chi connectivity index (χ1v) is 12.6. The van der Waals surface area contributed by atoms with Crippen molar-refractivity contribution in [1.29, 1.82) is 0 Å². The lowest BCUT2D eigenvalue weighted by molar-refractivity contribution is -0.144. The minimum atomic E-state index is -0.827. The van der Waals surface area contributed by atoms with Gasteiger partial charge in [-0.15, -0.1) is 0 Å². The quantitative estimate of drug-likeness (QED) is 0.527. The van der Waals surface area contributed by atoms with E-state index in [0.29, 0.717) is 6.42 Å². The maximum absolute atomic E-state index is 12.7. The molecule has 3 aliphatic carbocycles. The Morgan fingerprint density at radius 2 is 1.63 bits per heavy atom. The van der Waals surface area contributed by atoms with E-state index in [2.05, 4.69) is 34.9 Å². The number of alkyl carbamates (subject to hydrolysis) is 1. The molecule has 7 heteroatoms. The van der Waals surface area contributed by atoms with Crippen LogP contribution in [0.5, 0.6) is 0 Å². The van der Waals surface area contributed by atoms with Gasteiger partial charge >= 0.3 is 12.1 Å². The molecule has 0 spiro atoms. The Hall–Kier alpha value is -3.35. The standard InChI is InChI=1S/C28H32N2O5/c1-2-18(14-24(31)30-26-17-12-11-16(13-17)25(26)27(32)33)29-28(34)35-15-23-21-9-5-3-7-19(21)20-8-4-6-10-22(20)23/h3-10,16-18,23,25-26H,2,11-15H2,1H3,(H,29,34)(H,30,31)(H,32,33). The van der Waals surface area contributed by atoms with Gasteiger partial charge in [-0.3, -0.25) is 9.59 Å². The van der Waals surface area contributed by atoms with Crippen molar-refractivity contribution in [3.63, 3.8) is 0 Å². The summed E-state index contributed by atoms with van der Waals surface area (Å²) in [7, 11) is 0. The smallest absolute Gasteiger partial charge is 0.407 e. The molecule has 5 rings (SSSR count). The maximum Gasteiger partial charge on any atom is 0.407 e. The molecule has 0 aromatic heterocycles. The van der Waals surface area contributed by atoms with Crippen LogP contribution in [0.3, 0.4) is 0 Å². The van der Waals surface area contributed by atoms with Crippen LogP contribution < -0.4 is 10.6 Å². The zero-order valence-electron chi connectivity index (χ0n) is 19.9. The van der Waals surface area contributed by atoms with Gasteiger partial charge in [-0.05, 0) is 59.8 Å². The van der Waals surface area contributed by atoms with Gasteiger partial charge in [0.05, 0.1) is 5.92 Å². The van der Waals surface area contributed by atoms with E-state index in [1.54, 1.807) is 0 Å². The average Bonchev–Trinajstić information content (AvgIpc) is 3.54. The highest BCUT2D eigenvalue weighted by Crippen LogP contribution is 2.48. The van der Waals surface area contributed by atoms with Gasteiger partial charge in [-0.25, -0.2) is 4.79 Å². The predicted molar refractivity (Wildman–Crippen MR) is 131 cm³/mol. The molecule has 2 aromatic carbocycles. The van der Waals surface area contributed by atoms with Crippen LogP contribution in [-0.2, 0) is 14.3 Å². The lowest BCUT2D eigenvalue weighted by atomic mass is 9.84. The van der Waals surface area contributed by atoms with Gasteiger partial charge in [0.15, 0.2) is 0 Å². The Morgan fingerprint density at radius 1 is 1.00 bits per heavy atom. The van der Waals surface area contributed by atoms with Crippen molar-refractivity contribution < 1.29 is 24.2 Å². The third-order valence-electron chi connectivity index (χ3n) is 8.12. The lowest BCUT2D eigenvalue weighted by Crippen LogP contribution is -2.48. The van der Waals surface area contributed by atoms with Crippen LogP contribution in [0.15, 0.2) is 48.5 Å². The molecular formula is C28H32N2O5. The lowest BCUT2D eigenvalue weighted by Gasteiger charge is -2.29. The number of fused-ring (bicyclic) bond motifs is 5. The van der Waals surface area contributed by atoms with Crippen LogP contribution in [0.1, 0.15) is 56.1 Å². The SMILES string of the molecule is CCC(CC(=O)NC1C2CCC(C2)C1C(=O)O)NC(=O)OCC1c2ccccc2-c2ccccc21. The number of nitrogens with one attached hydrogen (secondary N) is 2. The number of carboxylic acids is 1. The Morgan fingerprint density at radius 3 is 2.26 bits per heavy atom. The summed E-state index contributed by atoms with van der Waals surface area (Å²) >= 11 is 0. The molecule has 0 saturated heterocycles. The number of benzene rings is 2. The van der Waals surface area contributed by atoms with Gasteiger partial charge in [-0.2, -0.15) is 0 Å². The third-order valence-corrected chi connectivity index (χ3v) is 8.12. The van der Waals surface area contributed by atoms with Gasteiger partial charge in [-0.1, -0.05) is 55.5 Å². The molecule has 2 fully saturated rings. The van der Waals surface area contributed by atoms with Crippen LogP contribution in [0.4, 0.5) is 4.79 Å². The summed E-state index contributed by atoms with van der Waals surface area (Å²) in [6, 6.07) is 15.6. The van der Waals surface area contributed by atoms with E-state index in [9.17, 15) is 19.5 Å². The number of ether oxygens (including phenoxy) is 1. The van der Waals surface area contributed by atoms with E-state index < -0.39 is 18.0 Å². The second-order valence-corrected chi connectivity index (χ2v) is 10.1. The van der Waals surface area contributed by atoms with Crippen LogP contribution in [-0.4, -0.2) is 41.8 Å². The number of aliphatic carboxylic acids is 1. The van der Waals surface area contributed by atoms with E-state index in [1.807, 2.05) is 31.2 Å². The number of hydrogen-bond donors (Lipinski definition) is 3. The summed E-state index contributed by atoms with van der Waals surface area (Å²) in [5.74, 6) is -1.19. The first-order valence-electron chi connectivity index (χ1n) is 12.6. The number of carbonyl (C=O) groups excluding carboxylic acids is 2. The zero-order chi connectivity index (χ0) is 24.5. The molecule has 2 aromatic rings. The third kappa shape index (κ3) is 4.51. The maximum atomic E-state index is 12.7. The Bertz CT molecular complexity index is 1090. The highest BCUT2D eigenvalue weighted by atomic mass is 16.5. The van der Waals surface area contributed by atoms with Crippen LogP contribution >= 0.6 is 0 Å². The summed E-state index contributed by atoms with van der Waals surface area (Å²) < 4.78 is 5.62. The summed E-state index contributed by atoms with van der Waals surface area (Å²) in [5.41, 5.74) is 4.62. The molecule has 2 bridgehead atoms. The highest BCUT2D eigenvalue weighted by Gasteiger charge is 2.51. The number of carboxylic acid groups (broad SMARTS) is 1. The normalized spacial score (nSPS) is 24.9. The van der Waals surface area contributed by atoms with Crippen molar-refractivity contribution >= 4 is 18.0 Å². The Labute approximate surface area is 205 Å². The molecule has 5 atom stereocenters. The molecular weight excluding hydrogens is 444 g/mol. The van der Waals surface area contributed by atoms with Gasteiger partial charge in [0.25, 0.3) is 0 Å². The molecule has 184 valence electrons. The van der Waals surface area contributed by atoms with Crippen molar-refractivity contribution in [3.8, 4) is 11.1 Å². The zero-order valence-corrected chi connectivity index (χ0v) is 19.9. The van der Waals surface area contributed by atoms with Crippen molar-refractivity contribution in [2.75, 3.05) is 6.61 Å². The van der Waals surface area contributed by atoms with Gasteiger partial charge < -0.3 is 20.5 Å². The molecule has 3 N–H and O–H groups in total. The molecule has 3 aliphatic rings. The Balaban J connectivity index is 1.16. The highest BCUT2D eigenvalue weighted by molar-refractivity contribution is 5.81. The molecule has 5 unspecified atom stereocenters. The molecule has 7 nitrogen and oxygen atoms in total. The largest absolute Gasteiger partial charge is 0.481 e. The topological polar surface area (TPSA) is 105 Å². The fraction of sp³-hybridized carbons (Fsp3) is 0.464. The minimum absolute atomic E-state index is 0.0257. The van der Waals surface area contributed by atoms with E-state index in [1.165, 1.54) is 11.1 Å². The summed E-state index contributed by atoms with van der Waals surface area (Å²) in [6.45, 7) is 2.12.